The number of amides is 1. The van der Waals surface area contributed by atoms with Crippen molar-refractivity contribution in [3.05, 3.63) is 89.2 Å². The number of hydrogen-bond donors (Lipinski definition) is 6. The number of ketones is 1. The number of phenolic OH excluding ortho intramolecular Hbond substituents is 2. The van der Waals surface area contributed by atoms with Crippen molar-refractivity contribution in [2.24, 2.45) is 44.6 Å². The number of aliphatic hydroxyl groups excluding tert-OH is 2. The highest BCUT2D eigenvalue weighted by Gasteiger charge is 2.49. The summed E-state index contributed by atoms with van der Waals surface area (Å²) in [4.78, 5) is 44.7. The zero-order chi connectivity index (χ0) is 44.9. The second-order valence-corrected chi connectivity index (χ2v) is 15.8. The molecule has 0 radical (unpaired) electrons. The number of nitrogens with two attached hydrogens (primary N) is 1. The molecule has 0 aromatic heterocycles. The summed E-state index contributed by atoms with van der Waals surface area (Å²) in [7, 11) is 1.44. The van der Waals surface area contributed by atoms with E-state index in [1.807, 2.05) is 30.3 Å². The molecule has 3 aliphatic heterocycles. The minimum Gasteiger partial charge on any atom is -0.507 e. The SMILES string of the molecule is COC1/C=C/OC2(C)Oc3c(C)c(O)c4c(O)c(cc(N=NC(N)=NCc5ccccc5)c4c3C2=O)NC(=O)/C(C)=C/C=C/C(C)C(O)C(C)C(O)C(C)C(OC(C)=O)C1C. The van der Waals surface area contributed by atoms with Gasteiger partial charge in [-0.15, -0.1) is 10.2 Å². The fourth-order valence-corrected chi connectivity index (χ4v) is 7.62. The molecule has 1 amide bonds. The number of aliphatic hydroxyl groups is 2. The van der Waals surface area contributed by atoms with Gasteiger partial charge in [0.25, 0.3) is 11.7 Å². The van der Waals surface area contributed by atoms with Crippen molar-refractivity contribution in [2.45, 2.75) is 92.1 Å². The van der Waals surface area contributed by atoms with Gasteiger partial charge in [-0.05, 0) is 31.6 Å². The van der Waals surface area contributed by atoms with Crippen molar-refractivity contribution in [3.8, 4) is 17.2 Å². The monoisotopic (exact) mass is 841 g/mol. The van der Waals surface area contributed by atoms with Crippen LogP contribution in [0.4, 0.5) is 11.4 Å². The second-order valence-electron chi connectivity index (χ2n) is 15.8. The van der Waals surface area contributed by atoms with Crippen molar-refractivity contribution in [1.29, 1.82) is 0 Å². The first-order chi connectivity index (χ1) is 28.8. The zero-order valence-corrected chi connectivity index (χ0v) is 35.7. The Labute approximate surface area is 354 Å². The molecular weight excluding hydrogens is 787 g/mol. The Balaban J connectivity index is 1.68. The number of carbonyl (C=O) groups is 3. The quantitative estimate of drug-likeness (QED) is 0.0520. The number of ether oxygens (including phenoxy) is 4. The predicted molar refractivity (Wildman–Crippen MR) is 228 cm³/mol. The predicted octanol–water partition coefficient (Wildman–Crippen LogP) is 6.65. The van der Waals surface area contributed by atoms with Gasteiger partial charge in [0, 0.05) is 61.2 Å². The van der Waals surface area contributed by atoms with Crippen LogP contribution < -0.4 is 15.8 Å². The topological polar surface area (TPSA) is 244 Å². The molecule has 3 aliphatic rings. The number of rotatable bonds is 5. The molecule has 0 aliphatic carbocycles. The van der Waals surface area contributed by atoms with Gasteiger partial charge >= 0.3 is 11.8 Å². The molecule has 326 valence electrons. The summed E-state index contributed by atoms with van der Waals surface area (Å²) in [5.74, 6) is -7.75. The summed E-state index contributed by atoms with van der Waals surface area (Å²) in [6.45, 7) is 12.8. The van der Waals surface area contributed by atoms with Gasteiger partial charge in [-0.3, -0.25) is 14.4 Å². The van der Waals surface area contributed by atoms with Crippen molar-refractivity contribution in [2.75, 3.05) is 12.4 Å². The molecule has 9 unspecified atom stereocenters. The number of Topliss-reactive ketones (excluding diaryl/α,β-unsaturated/α-hetero) is 1. The lowest BCUT2D eigenvalue weighted by Gasteiger charge is -2.38. The summed E-state index contributed by atoms with van der Waals surface area (Å²) in [5, 5.41) is 57.0. The number of guanidine groups is 1. The molecule has 3 aromatic rings. The number of methoxy groups -OCH3 is 1. The minimum atomic E-state index is -2.02. The van der Waals surface area contributed by atoms with Crippen LogP contribution >= 0.6 is 0 Å². The summed E-state index contributed by atoms with van der Waals surface area (Å²) < 4.78 is 23.7. The maximum Gasteiger partial charge on any atom is 0.312 e. The van der Waals surface area contributed by atoms with Gasteiger partial charge in [0.15, 0.2) is 5.75 Å². The third-order valence-corrected chi connectivity index (χ3v) is 11.4. The Morgan fingerprint density at radius 1 is 0.967 bits per heavy atom. The molecule has 0 saturated carbocycles. The van der Waals surface area contributed by atoms with E-state index in [9.17, 15) is 34.8 Å². The smallest absolute Gasteiger partial charge is 0.312 e. The van der Waals surface area contributed by atoms with Crippen LogP contribution in [0, 0.1) is 30.6 Å². The van der Waals surface area contributed by atoms with Gasteiger partial charge in [0.1, 0.15) is 17.6 Å². The molecule has 16 heteroatoms. The number of phenols is 2. The highest BCUT2D eigenvalue weighted by atomic mass is 16.7. The maximum absolute atomic E-state index is 14.5. The Morgan fingerprint density at radius 2 is 1.66 bits per heavy atom. The minimum absolute atomic E-state index is 0.0553. The van der Waals surface area contributed by atoms with Gasteiger partial charge in [-0.1, -0.05) is 76.3 Å². The number of hydrogen-bond acceptors (Lipinski definition) is 13. The molecule has 61 heavy (non-hydrogen) atoms. The first-order valence-corrected chi connectivity index (χ1v) is 19.9. The number of aromatic hydroxyl groups is 2. The number of esters is 1. The molecule has 0 saturated heterocycles. The molecule has 5 bridgehead atoms. The van der Waals surface area contributed by atoms with Crippen LogP contribution in [0.2, 0.25) is 0 Å². The average Bonchev–Trinajstić information content (AvgIpc) is 3.50. The highest BCUT2D eigenvalue weighted by molar-refractivity contribution is 6.22. The summed E-state index contributed by atoms with van der Waals surface area (Å²) >= 11 is 0. The normalized spacial score (nSPS) is 29.8. The lowest BCUT2D eigenvalue weighted by molar-refractivity contribution is -0.160. The molecule has 7 N–H and O–H groups in total. The number of carbonyl (C=O) groups excluding carboxylic acids is 3. The molecule has 3 aromatic carbocycles. The largest absolute Gasteiger partial charge is 0.507 e. The van der Waals surface area contributed by atoms with E-state index in [2.05, 4.69) is 20.5 Å². The van der Waals surface area contributed by atoms with Gasteiger partial charge < -0.3 is 50.4 Å². The molecule has 16 nitrogen and oxygen atoms in total. The van der Waals surface area contributed by atoms with Gasteiger partial charge in [-0.2, -0.15) is 0 Å². The van der Waals surface area contributed by atoms with Gasteiger partial charge in [-0.25, -0.2) is 4.99 Å². The maximum atomic E-state index is 14.5. The number of aliphatic imine (C=N–C) groups is 1. The number of benzene rings is 3. The van der Waals surface area contributed by atoms with Crippen molar-refractivity contribution in [3.63, 3.8) is 0 Å². The number of allylic oxidation sites excluding steroid dienone is 2. The number of fused-ring (bicyclic) bond motifs is 14. The Kier molecular flexibility index (Phi) is 14.4. The molecule has 0 spiro atoms. The summed E-state index contributed by atoms with van der Waals surface area (Å²) in [6, 6.07) is 10.6. The highest BCUT2D eigenvalue weighted by Crippen LogP contribution is 2.54. The van der Waals surface area contributed by atoms with Crippen LogP contribution in [0.15, 0.2) is 87.8 Å². The van der Waals surface area contributed by atoms with Crippen LogP contribution in [-0.4, -0.2) is 81.4 Å². The summed E-state index contributed by atoms with van der Waals surface area (Å²) in [5.41, 5.74) is 6.92. The van der Waals surface area contributed by atoms with E-state index in [0.717, 1.165) is 5.56 Å². The second kappa shape index (κ2) is 19.1. The van der Waals surface area contributed by atoms with Gasteiger partial charge in [0.2, 0.25) is 5.96 Å². The lowest BCUT2D eigenvalue weighted by Crippen LogP contribution is -2.46. The van der Waals surface area contributed by atoms with E-state index >= 15 is 0 Å². The first-order valence-electron chi connectivity index (χ1n) is 19.9. The van der Waals surface area contributed by atoms with Crippen LogP contribution in [0.3, 0.4) is 0 Å². The number of nitrogens with one attached hydrogen (secondary N) is 1. The third kappa shape index (κ3) is 9.77. The number of anilines is 1. The van der Waals surface area contributed by atoms with Crippen LogP contribution in [0.1, 0.15) is 70.0 Å². The number of azo groups is 1. The third-order valence-electron chi connectivity index (χ3n) is 11.4. The van der Waals surface area contributed by atoms with Crippen molar-refractivity contribution in [1.82, 2.24) is 0 Å². The van der Waals surface area contributed by atoms with E-state index in [-0.39, 0.29) is 57.1 Å². The van der Waals surface area contributed by atoms with Crippen molar-refractivity contribution >= 4 is 45.8 Å². The van der Waals surface area contributed by atoms with Crippen molar-refractivity contribution < 1.29 is 53.8 Å². The van der Waals surface area contributed by atoms with Crippen LogP contribution in [-0.2, 0) is 30.3 Å². The zero-order valence-electron chi connectivity index (χ0n) is 35.7. The van der Waals surface area contributed by atoms with E-state index in [0.29, 0.717) is 0 Å². The lowest BCUT2D eigenvalue weighted by atomic mass is 9.78. The van der Waals surface area contributed by atoms with Crippen LogP contribution in [0.25, 0.3) is 10.8 Å². The fraction of sp³-hybridized carbons (Fsp3) is 0.422. The van der Waals surface area contributed by atoms with Crippen LogP contribution in [0.5, 0.6) is 17.2 Å². The Hall–Kier alpha value is -6.10. The number of nitrogens with zero attached hydrogens (tertiary/aromatic N) is 3. The average molecular weight is 842 g/mol. The Bertz CT molecular complexity index is 2310. The molecule has 9 atom stereocenters. The molecule has 0 fully saturated rings. The van der Waals surface area contributed by atoms with E-state index in [1.54, 1.807) is 39.8 Å². The summed E-state index contributed by atoms with van der Waals surface area (Å²) in [6.07, 6.45) is 3.61. The molecule has 3 heterocycles. The van der Waals surface area contributed by atoms with E-state index < -0.39 is 83.0 Å². The molecule has 6 rings (SSSR count). The van der Waals surface area contributed by atoms with E-state index in [1.165, 1.54) is 59.3 Å². The standard InChI is InChI=1S/C45H55N5O11/c1-22-14-13-15-23(2)43(57)48-31-20-30(49-50-44(46)47-21-29-16-11-10-12-17-29)33-34(39(31)55)38(54)27(6)41-35(33)42(56)45(8,61-41)59-19-18-32(58-9)24(3)40(60-28(7)51)26(5)37(53)25(4)36(22)52/h10-20,22,24-26,32,36-37,40,52-55H,21H2,1-9H3,(H2,46,47)(H,48,57)/b14-13+,19-18+,23-15+,50-49?. The first kappa shape index (κ1) is 46.0. The van der Waals surface area contributed by atoms with Gasteiger partial charge in [0.05, 0.1) is 53.4 Å². The van der Waals surface area contributed by atoms with E-state index in [4.69, 9.17) is 24.7 Å². The molecular formula is C45H55N5O11. The Morgan fingerprint density at radius 3 is 2.31 bits per heavy atom. The fourth-order valence-electron chi connectivity index (χ4n) is 7.62.